The van der Waals surface area contributed by atoms with Crippen LogP contribution in [-0.4, -0.2) is 4.92 Å². The van der Waals surface area contributed by atoms with E-state index in [1.165, 1.54) is 6.07 Å². The summed E-state index contributed by atoms with van der Waals surface area (Å²) < 4.78 is 0. The average molecular weight is 231 g/mol. The van der Waals surface area contributed by atoms with Crippen LogP contribution >= 0.6 is 23.2 Å². The summed E-state index contributed by atoms with van der Waals surface area (Å²) in [5, 5.41) is 19.2. The van der Waals surface area contributed by atoms with Crippen molar-refractivity contribution in [2.45, 2.75) is 6.42 Å². The van der Waals surface area contributed by atoms with Gasteiger partial charge in [0.05, 0.1) is 27.5 Å². The zero-order valence-corrected chi connectivity index (χ0v) is 8.34. The standard InChI is InChI=1S/C8H4Cl2N2O2/c9-7-4-6(12(13)14)3-5(1-2-11)8(7)10/h3-4H,1H2. The lowest BCUT2D eigenvalue weighted by molar-refractivity contribution is -0.384. The second-order valence-corrected chi connectivity index (χ2v) is 3.28. The van der Waals surface area contributed by atoms with Gasteiger partial charge in [0.1, 0.15) is 0 Å². The Kier molecular flexibility index (Phi) is 3.28. The highest BCUT2D eigenvalue weighted by atomic mass is 35.5. The summed E-state index contributed by atoms with van der Waals surface area (Å²) in [4.78, 5) is 9.86. The zero-order valence-electron chi connectivity index (χ0n) is 6.83. The maximum Gasteiger partial charge on any atom is 0.271 e. The Morgan fingerprint density at radius 1 is 1.50 bits per heavy atom. The molecule has 14 heavy (non-hydrogen) atoms. The number of nitro benzene ring substituents is 1. The van der Waals surface area contributed by atoms with Crippen molar-refractivity contribution in [2.75, 3.05) is 0 Å². The number of rotatable bonds is 2. The highest BCUT2D eigenvalue weighted by Gasteiger charge is 2.13. The molecule has 0 aliphatic heterocycles. The van der Waals surface area contributed by atoms with Crippen molar-refractivity contribution < 1.29 is 4.92 Å². The van der Waals surface area contributed by atoms with E-state index in [9.17, 15) is 10.1 Å². The fraction of sp³-hybridized carbons (Fsp3) is 0.125. The molecule has 1 aromatic rings. The summed E-state index contributed by atoms with van der Waals surface area (Å²) >= 11 is 11.4. The molecule has 0 saturated carbocycles. The highest BCUT2D eigenvalue weighted by molar-refractivity contribution is 6.42. The van der Waals surface area contributed by atoms with Crippen molar-refractivity contribution in [3.05, 3.63) is 37.9 Å². The molecule has 1 aromatic carbocycles. The molecule has 0 radical (unpaired) electrons. The van der Waals surface area contributed by atoms with Crippen LogP contribution in [0.3, 0.4) is 0 Å². The summed E-state index contributed by atoms with van der Waals surface area (Å²) in [6.45, 7) is 0. The number of halogens is 2. The minimum Gasteiger partial charge on any atom is -0.258 e. The van der Waals surface area contributed by atoms with Crippen LogP contribution in [-0.2, 0) is 6.42 Å². The van der Waals surface area contributed by atoms with Gasteiger partial charge in [0, 0.05) is 12.1 Å². The number of nitrogens with zero attached hydrogens (tertiary/aromatic N) is 2. The Balaban J connectivity index is 3.29. The molecule has 0 spiro atoms. The van der Waals surface area contributed by atoms with E-state index in [0.717, 1.165) is 6.07 Å². The molecular weight excluding hydrogens is 227 g/mol. The third-order valence-corrected chi connectivity index (χ3v) is 2.41. The third-order valence-electron chi connectivity index (χ3n) is 1.57. The molecule has 0 heterocycles. The van der Waals surface area contributed by atoms with E-state index in [1.54, 1.807) is 0 Å². The second-order valence-electron chi connectivity index (χ2n) is 2.49. The molecule has 0 atom stereocenters. The Bertz CT molecular complexity index is 426. The van der Waals surface area contributed by atoms with Gasteiger partial charge in [0.25, 0.3) is 5.69 Å². The van der Waals surface area contributed by atoms with Gasteiger partial charge in [-0.1, -0.05) is 23.2 Å². The van der Waals surface area contributed by atoms with E-state index in [4.69, 9.17) is 28.5 Å². The van der Waals surface area contributed by atoms with Crippen LogP contribution in [0.4, 0.5) is 5.69 Å². The van der Waals surface area contributed by atoms with E-state index < -0.39 is 4.92 Å². The molecule has 6 heteroatoms. The molecule has 0 aromatic heterocycles. The van der Waals surface area contributed by atoms with Crippen LogP contribution < -0.4 is 0 Å². The van der Waals surface area contributed by atoms with Crippen LogP contribution in [0.25, 0.3) is 0 Å². The minimum atomic E-state index is -0.580. The first-order chi connectivity index (χ1) is 6.56. The van der Waals surface area contributed by atoms with Crippen LogP contribution in [0.2, 0.25) is 10.0 Å². The van der Waals surface area contributed by atoms with Gasteiger partial charge in [-0.3, -0.25) is 10.1 Å². The molecule has 0 unspecified atom stereocenters. The lowest BCUT2D eigenvalue weighted by Crippen LogP contribution is -1.92. The normalized spacial score (nSPS) is 9.50. The van der Waals surface area contributed by atoms with Crippen molar-refractivity contribution in [3.63, 3.8) is 0 Å². The van der Waals surface area contributed by atoms with Crippen molar-refractivity contribution in [2.24, 2.45) is 0 Å². The van der Waals surface area contributed by atoms with Gasteiger partial charge in [0.2, 0.25) is 0 Å². The third kappa shape index (κ3) is 2.13. The first-order valence-electron chi connectivity index (χ1n) is 3.55. The van der Waals surface area contributed by atoms with E-state index in [0.29, 0.717) is 5.56 Å². The van der Waals surface area contributed by atoms with Crippen LogP contribution in [0, 0.1) is 21.4 Å². The summed E-state index contributed by atoms with van der Waals surface area (Å²) in [7, 11) is 0. The van der Waals surface area contributed by atoms with Gasteiger partial charge in [-0.05, 0) is 5.56 Å². The number of hydrogen-bond donors (Lipinski definition) is 0. The average Bonchev–Trinajstić information content (AvgIpc) is 2.12. The smallest absolute Gasteiger partial charge is 0.258 e. The Labute approximate surface area is 89.8 Å². The summed E-state index contributed by atoms with van der Waals surface area (Å²) in [5.41, 5.74) is 0.206. The quantitative estimate of drug-likeness (QED) is 0.580. The van der Waals surface area contributed by atoms with Crippen molar-refractivity contribution in [1.82, 2.24) is 0 Å². The van der Waals surface area contributed by atoms with Crippen molar-refractivity contribution in [1.29, 1.82) is 5.26 Å². The van der Waals surface area contributed by atoms with Gasteiger partial charge in [-0.2, -0.15) is 5.26 Å². The Morgan fingerprint density at radius 3 is 2.64 bits per heavy atom. The SMILES string of the molecule is N#CCc1cc([N+](=O)[O-])cc(Cl)c1Cl. The molecule has 0 aliphatic carbocycles. The van der Waals surface area contributed by atoms with E-state index >= 15 is 0 Å². The van der Waals surface area contributed by atoms with Crippen molar-refractivity contribution >= 4 is 28.9 Å². The first kappa shape index (κ1) is 10.8. The van der Waals surface area contributed by atoms with E-state index in [1.807, 2.05) is 6.07 Å². The van der Waals surface area contributed by atoms with Crippen LogP contribution in [0.1, 0.15) is 5.56 Å². The number of non-ortho nitro benzene ring substituents is 1. The second kappa shape index (κ2) is 4.27. The summed E-state index contributed by atoms with van der Waals surface area (Å²) in [6, 6.07) is 4.26. The van der Waals surface area contributed by atoms with Gasteiger partial charge in [-0.25, -0.2) is 0 Å². The molecule has 72 valence electrons. The molecule has 0 aliphatic rings. The van der Waals surface area contributed by atoms with Gasteiger partial charge >= 0.3 is 0 Å². The lowest BCUT2D eigenvalue weighted by Gasteiger charge is -2.01. The summed E-state index contributed by atoms with van der Waals surface area (Å²) in [6.07, 6.45) is 0.000231. The van der Waals surface area contributed by atoms with Crippen LogP contribution in [0.5, 0.6) is 0 Å². The molecular formula is C8H4Cl2N2O2. The van der Waals surface area contributed by atoms with Crippen molar-refractivity contribution in [3.8, 4) is 6.07 Å². The molecule has 0 saturated heterocycles. The maximum absolute atomic E-state index is 10.4. The Morgan fingerprint density at radius 2 is 2.14 bits per heavy atom. The monoisotopic (exact) mass is 230 g/mol. The van der Waals surface area contributed by atoms with Gasteiger partial charge < -0.3 is 0 Å². The van der Waals surface area contributed by atoms with Gasteiger partial charge in [-0.15, -0.1) is 0 Å². The Hall–Kier alpha value is -1.31. The summed E-state index contributed by atoms with van der Waals surface area (Å²) in [5.74, 6) is 0. The largest absolute Gasteiger partial charge is 0.271 e. The maximum atomic E-state index is 10.4. The van der Waals surface area contributed by atoms with E-state index in [-0.39, 0.29) is 22.2 Å². The zero-order chi connectivity index (χ0) is 10.7. The fourth-order valence-electron chi connectivity index (χ4n) is 0.949. The topological polar surface area (TPSA) is 66.9 Å². The lowest BCUT2D eigenvalue weighted by atomic mass is 10.1. The van der Waals surface area contributed by atoms with Gasteiger partial charge in [0.15, 0.2) is 0 Å². The van der Waals surface area contributed by atoms with E-state index in [2.05, 4.69) is 0 Å². The molecule has 0 amide bonds. The molecule has 4 nitrogen and oxygen atoms in total. The van der Waals surface area contributed by atoms with Crippen LogP contribution in [0.15, 0.2) is 12.1 Å². The molecule has 0 N–H and O–H groups in total. The number of hydrogen-bond acceptors (Lipinski definition) is 3. The highest BCUT2D eigenvalue weighted by Crippen LogP contribution is 2.30. The first-order valence-corrected chi connectivity index (χ1v) is 4.31. The molecule has 1 rings (SSSR count). The number of benzene rings is 1. The molecule has 0 fully saturated rings. The predicted molar refractivity (Wildman–Crippen MR) is 52.4 cm³/mol. The fourth-order valence-corrected chi connectivity index (χ4v) is 1.36. The predicted octanol–water partition coefficient (Wildman–Crippen LogP) is 2.97. The number of nitro groups is 1. The molecule has 0 bridgehead atoms. The number of nitriles is 1. The minimum absolute atomic E-state index is 0.000231.